The van der Waals surface area contributed by atoms with Crippen LogP contribution in [-0.4, -0.2) is 22.9 Å². The summed E-state index contributed by atoms with van der Waals surface area (Å²) in [5.74, 6) is 0. The molecule has 0 radical (unpaired) electrons. The van der Waals surface area contributed by atoms with Crippen molar-refractivity contribution in [1.82, 2.24) is 9.80 Å². The number of rotatable bonds is 11. The van der Waals surface area contributed by atoms with Crippen molar-refractivity contribution in [2.45, 2.75) is 50.9 Å². The Labute approximate surface area is 268 Å². The highest BCUT2D eigenvalue weighted by atomic mass is 19.4. The normalized spacial score (nSPS) is 13.0. The van der Waals surface area contributed by atoms with E-state index in [-0.39, 0.29) is 39.3 Å². The number of hydrogen-bond acceptors (Lipinski definition) is 2. The van der Waals surface area contributed by atoms with Crippen LogP contribution < -0.4 is 0 Å². The molecule has 0 fully saturated rings. The summed E-state index contributed by atoms with van der Waals surface area (Å²) in [6.07, 6.45) is -18.2. The molecule has 4 rings (SSSR count). The zero-order valence-electron chi connectivity index (χ0n) is 24.9. The Bertz CT molecular complexity index is 1340. The largest absolute Gasteiger partial charge is 0.416 e. The van der Waals surface area contributed by atoms with Gasteiger partial charge in [-0.05, 0) is 70.8 Å². The first-order chi connectivity index (χ1) is 22.3. The molecule has 4 aromatic rings. The van der Waals surface area contributed by atoms with Crippen LogP contribution in [0.5, 0.6) is 0 Å². The maximum atomic E-state index is 13.1. The maximum Gasteiger partial charge on any atom is 0.416 e. The molecule has 0 aliphatic rings. The molecule has 0 saturated carbocycles. The predicted molar refractivity (Wildman–Crippen MR) is 154 cm³/mol. The number of alkyl halides is 12. The van der Waals surface area contributed by atoms with E-state index in [1.165, 1.54) is 48.5 Å². The lowest BCUT2D eigenvalue weighted by molar-refractivity contribution is -0.138. The molecular formula is C34H28F12N2. The Morgan fingerprint density at radius 2 is 0.458 bits per heavy atom. The minimum Gasteiger partial charge on any atom is -0.294 e. The summed E-state index contributed by atoms with van der Waals surface area (Å²) in [7, 11) is 0. The fourth-order valence-corrected chi connectivity index (χ4v) is 4.94. The number of nitrogens with zero attached hydrogens (tertiary/aromatic N) is 2. The van der Waals surface area contributed by atoms with Gasteiger partial charge in [-0.3, -0.25) is 9.80 Å². The van der Waals surface area contributed by atoms with Crippen LogP contribution in [0.4, 0.5) is 52.7 Å². The number of hydrogen-bond donors (Lipinski definition) is 0. The quantitative estimate of drug-likeness (QED) is 0.144. The van der Waals surface area contributed by atoms with Crippen molar-refractivity contribution < 1.29 is 52.7 Å². The van der Waals surface area contributed by atoms with Gasteiger partial charge < -0.3 is 0 Å². The van der Waals surface area contributed by atoms with E-state index in [9.17, 15) is 52.7 Å². The minimum atomic E-state index is -4.56. The van der Waals surface area contributed by atoms with E-state index in [4.69, 9.17) is 0 Å². The van der Waals surface area contributed by atoms with Crippen LogP contribution in [0.2, 0.25) is 0 Å². The van der Waals surface area contributed by atoms with Crippen molar-refractivity contribution in [2.75, 3.05) is 13.1 Å². The smallest absolute Gasteiger partial charge is 0.294 e. The van der Waals surface area contributed by atoms with Crippen LogP contribution in [0.15, 0.2) is 97.1 Å². The molecule has 0 saturated heterocycles. The van der Waals surface area contributed by atoms with Gasteiger partial charge in [0, 0.05) is 39.3 Å². The fraction of sp³-hybridized carbons (Fsp3) is 0.294. The van der Waals surface area contributed by atoms with Gasteiger partial charge in [-0.1, -0.05) is 48.5 Å². The van der Waals surface area contributed by atoms with Gasteiger partial charge >= 0.3 is 24.7 Å². The van der Waals surface area contributed by atoms with E-state index >= 15 is 0 Å². The average molecular weight is 693 g/mol. The lowest BCUT2D eigenvalue weighted by Crippen LogP contribution is -2.34. The molecule has 0 aromatic heterocycles. The lowest BCUT2D eigenvalue weighted by Gasteiger charge is -2.28. The third-order valence-corrected chi connectivity index (χ3v) is 7.48. The van der Waals surface area contributed by atoms with Gasteiger partial charge in [-0.2, -0.15) is 52.7 Å². The Balaban J connectivity index is 1.58. The molecule has 258 valence electrons. The van der Waals surface area contributed by atoms with Gasteiger partial charge in [0.1, 0.15) is 0 Å². The highest BCUT2D eigenvalue weighted by Gasteiger charge is 2.32. The summed E-state index contributed by atoms with van der Waals surface area (Å²) >= 11 is 0. The van der Waals surface area contributed by atoms with Gasteiger partial charge in [0.05, 0.1) is 22.3 Å². The van der Waals surface area contributed by atoms with E-state index in [2.05, 4.69) is 0 Å². The number of halogens is 12. The van der Waals surface area contributed by atoms with Crippen molar-refractivity contribution in [3.05, 3.63) is 142 Å². The highest BCUT2D eigenvalue weighted by Crippen LogP contribution is 2.32. The summed E-state index contributed by atoms with van der Waals surface area (Å²) < 4.78 is 157. The van der Waals surface area contributed by atoms with Gasteiger partial charge in [-0.25, -0.2) is 0 Å². The van der Waals surface area contributed by atoms with E-state index in [1.54, 1.807) is 9.80 Å². The second kappa shape index (κ2) is 14.6. The van der Waals surface area contributed by atoms with Crippen molar-refractivity contribution >= 4 is 0 Å². The van der Waals surface area contributed by atoms with E-state index in [0.29, 0.717) is 22.3 Å². The third-order valence-electron chi connectivity index (χ3n) is 7.48. The summed E-state index contributed by atoms with van der Waals surface area (Å²) in [5, 5.41) is 0. The van der Waals surface area contributed by atoms with E-state index < -0.39 is 47.0 Å². The first-order valence-corrected chi connectivity index (χ1v) is 14.4. The molecule has 0 aliphatic carbocycles. The third kappa shape index (κ3) is 10.7. The minimum absolute atomic E-state index is 0.0908. The highest BCUT2D eigenvalue weighted by molar-refractivity contribution is 5.28. The van der Waals surface area contributed by atoms with Crippen LogP contribution in [-0.2, 0) is 50.9 Å². The second-order valence-corrected chi connectivity index (χ2v) is 11.2. The topological polar surface area (TPSA) is 6.48 Å². The van der Waals surface area contributed by atoms with Crippen molar-refractivity contribution in [1.29, 1.82) is 0 Å². The van der Waals surface area contributed by atoms with Crippen LogP contribution >= 0.6 is 0 Å². The second-order valence-electron chi connectivity index (χ2n) is 11.2. The Kier molecular flexibility index (Phi) is 11.2. The lowest BCUT2D eigenvalue weighted by atomic mass is 10.1. The average Bonchev–Trinajstić information content (AvgIpc) is 2.99. The molecule has 0 aliphatic heterocycles. The van der Waals surface area contributed by atoms with Crippen LogP contribution in [0.1, 0.15) is 44.5 Å². The summed E-state index contributed by atoms with van der Waals surface area (Å²) in [4.78, 5) is 3.55. The van der Waals surface area contributed by atoms with Crippen molar-refractivity contribution in [3.63, 3.8) is 0 Å². The molecule has 2 nitrogen and oxygen atoms in total. The molecule has 0 N–H and O–H groups in total. The van der Waals surface area contributed by atoms with Crippen LogP contribution in [0, 0.1) is 0 Å². The molecule has 0 amide bonds. The van der Waals surface area contributed by atoms with Crippen molar-refractivity contribution in [3.8, 4) is 0 Å². The zero-order chi connectivity index (χ0) is 35.3. The first kappa shape index (κ1) is 36.8. The van der Waals surface area contributed by atoms with Gasteiger partial charge in [-0.15, -0.1) is 0 Å². The fourth-order valence-electron chi connectivity index (χ4n) is 4.94. The maximum absolute atomic E-state index is 13.1. The van der Waals surface area contributed by atoms with Gasteiger partial charge in [0.2, 0.25) is 0 Å². The summed E-state index contributed by atoms with van der Waals surface area (Å²) in [6, 6.07) is 17.5. The molecule has 0 bridgehead atoms. The zero-order valence-corrected chi connectivity index (χ0v) is 24.9. The van der Waals surface area contributed by atoms with E-state index in [1.807, 2.05) is 0 Å². The molecule has 0 spiro atoms. The molecule has 14 heteroatoms. The van der Waals surface area contributed by atoms with Crippen LogP contribution in [0.3, 0.4) is 0 Å². The Morgan fingerprint density at radius 1 is 0.292 bits per heavy atom. The number of benzene rings is 4. The first-order valence-electron chi connectivity index (χ1n) is 14.4. The summed E-state index contributed by atoms with van der Waals surface area (Å²) in [5.41, 5.74) is -1.53. The molecule has 4 aromatic carbocycles. The monoisotopic (exact) mass is 692 g/mol. The van der Waals surface area contributed by atoms with Gasteiger partial charge in [0.25, 0.3) is 0 Å². The molecule has 0 unspecified atom stereocenters. The summed E-state index contributed by atoms with van der Waals surface area (Å²) in [6.45, 7) is 0.731. The molecule has 48 heavy (non-hydrogen) atoms. The molecular weight excluding hydrogens is 664 g/mol. The van der Waals surface area contributed by atoms with Crippen LogP contribution in [0.25, 0.3) is 0 Å². The SMILES string of the molecule is FC(F)(F)c1ccc(CN(CCN(Cc2ccc(C(F)(F)F)cc2)Cc2ccc(C(F)(F)F)cc2)Cc2ccc(C(F)(F)F)cc2)cc1. The van der Waals surface area contributed by atoms with E-state index in [0.717, 1.165) is 48.5 Å². The van der Waals surface area contributed by atoms with Gasteiger partial charge in [0.15, 0.2) is 0 Å². The molecule has 0 atom stereocenters. The van der Waals surface area contributed by atoms with Crippen molar-refractivity contribution in [2.24, 2.45) is 0 Å². The Hall–Kier alpha value is -4.04. The molecule has 0 heterocycles. The standard InChI is InChI=1S/C34H28F12N2/c35-31(36,37)27-9-1-23(2-10-27)19-47(20-24-3-11-28(12-4-24)32(38,39)40)17-18-48(21-25-5-13-29(14-6-25)33(41,42)43)22-26-7-15-30(16-8-26)34(44,45)46/h1-16H,17-22H2. The Morgan fingerprint density at radius 3 is 0.604 bits per heavy atom. The predicted octanol–water partition coefficient (Wildman–Crippen LogP) is 10.5.